The summed E-state index contributed by atoms with van der Waals surface area (Å²) in [5.41, 5.74) is -1.42. The molecule has 0 radical (unpaired) electrons. The molecule has 2 aromatic rings. The topological polar surface area (TPSA) is 38.7 Å². The maximum Gasteiger partial charge on any atom is 0.435 e. The van der Waals surface area contributed by atoms with Crippen LogP contribution in [-0.2, 0) is 16.9 Å². The van der Waals surface area contributed by atoms with E-state index in [1.807, 2.05) is 0 Å². The highest BCUT2D eigenvalue weighted by molar-refractivity contribution is 7.99. The first-order valence-electron chi connectivity index (χ1n) is 8.39. The number of fused-ring (bicyclic) bond motifs is 1. The number of oxime groups is 1. The van der Waals surface area contributed by atoms with Gasteiger partial charge in [-0.05, 0) is 30.2 Å². The molecule has 1 unspecified atom stereocenters. The van der Waals surface area contributed by atoms with Crippen molar-refractivity contribution in [2.75, 3.05) is 5.75 Å². The zero-order chi connectivity index (χ0) is 21.0. The second-order valence-corrected chi connectivity index (χ2v) is 8.53. The Balaban J connectivity index is 1.79. The third-order valence-electron chi connectivity index (χ3n) is 4.96. The number of hydrogen-bond acceptors (Lipinski definition) is 4. The van der Waals surface area contributed by atoms with Crippen LogP contribution < -0.4 is 0 Å². The van der Waals surface area contributed by atoms with Crippen LogP contribution in [0.5, 0.6) is 0 Å². The van der Waals surface area contributed by atoms with Crippen LogP contribution in [0.3, 0.4) is 0 Å². The Morgan fingerprint density at radius 2 is 1.90 bits per heavy atom. The molecule has 2 heterocycles. The van der Waals surface area contributed by atoms with Gasteiger partial charge in [0, 0.05) is 33.8 Å². The molecule has 0 amide bonds. The molecule has 0 fully saturated rings. The minimum atomic E-state index is -4.87. The zero-order valence-electron chi connectivity index (χ0n) is 14.4. The Bertz CT molecular complexity index is 1030. The zero-order valence-corrected chi connectivity index (χ0v) is 16.8. The summed E-state index contributed by atoms with van der Waals surface area (Å²) >= 11 is 12.9. The molecular formula is C19H11Cl2F4NO2S. The maximum atomic E-state index is 14.1. The summed E-state index contributed by atoms with van der Waals surface area (Å²) in [6.07, 6.45) is -4.19. The Hall–Kier alpha value is -1.77. The van der Waals surface area contributed by atoms with Gasteiger partial charge in [0.15, 0.2) is 12.1 Å². The Morgan fingerprint density at radius 3 is 2.52 bits per heavy atom. The van der Waals surface area contributed by atoms with Crippen LogP contribution in [0.4, 0.5) is 17.6 Å². The molecule has 0 bridgehead atoms. The Morgan fingerprint density at radius 1 is 1.21 bits per heavy atom. The van der Waals surface area contributed by atoms with E-state index in [1.54, 1.807) is 12.1 Å². The van der Waals surface area contributed by atoms with Crippen LogP contribution in [0.2, 0.25) is 10.0 Å². The molecule has 1 atom stereocenters. The van der Waals surface area contributed by atoms with Crippen molar-refractivity contribution >= 4 is 47.0 Å². The molecule has 152 valence electrons. The third kappa shape index (κ3) is 3.21. The van der Waals surface area contributed by atoms with Gasteiger partial charge in [-0.1, -0.05) is 34.4 Å². The van der Waals surface area contributed by atoms with Crippen LogP contribution in [-0.4, -0.2) is 23.9 Å². The molecule has 0 saturated heterocycles. The molecule has 0 spiro atoms. The molecule has 3 nitrogen and oxygen atoms in total. The lowest BCUT2D eigenvalue weighted by Gasteiger charge is -2.29. The molecule has 10 heteroatoms. The molecule has 0 saturated carbocycles. The van der Waals surface area contributed by atoms with Gasteiger partial charge in [0.25, 0.3) is 5.60 Å². The van der Waals surface area contributed by atoms with E-state index in [2.05, 4.69) is 5.16 Å². The molecular weight excluding hydrogens is 453 g/mol. The number of alkyl halides is 3. The first-order chi connectivity index (χ1) is 13.7. The molecule has 2 aliphatic rings. The van der Waals surface area contributed by atoms with Crippen molar-refractivity contribution in [3.05, 3.63) is 62.4 Å². The minimum Gasteiger partial charge on any atom is -0.374 e. The molecule has 0 aromatic heterocycles. The number of hydrogen-bond donors (Lipinski definition) is 0. The SMILES string of the molecule is O=Cc1ccc(C2=NOC(c3cc(Cl)c(F)c(Cl)c3)(C(F)(F)F)C2)c2c1SCC2. The number of carbonyl (C=O) groups excluding carboxylic acids is 1. The van der Waals surface area contributed by atoms with Crippen molar-refractivity contribution in [1.82, 2.24) is 0 Å². The fraction of sp³-hybridized carbons (Fsp3) is 0.263. The van der Waals surface area contributed by atoms with Gasteiger partial charge in [-0.2, -0.15) is 13.2 Å². The van der Waals surface area contributed by atoms with Crippen LogP contribution in [0.25, 0.3) is 0 Å². The van der Waals surface area contributed by atoms with Gasteiger partial charge in [-0.25, -0.2) is 4.39 Å². The predicted molar refractivity (Wildman–Crippen MR) is 103 cm³/mol. The fourth-order valence-electron chi connectivity index (χ4n) is 3.52. The summed E-state index contributed by atoms with van der Waals surface area (Å²) in [6.45, 7) is 0. The van der Waals surface area contributed by atoms with Gasteiger partial charge < -0.3 is 4.84 Å². The van der Waals surface area contributed by atoms with Gasteiger partial charge in [-0.15, -0.1) is 11.8 Å². The van der Waals surface area contributed by atoms with Gasteiger partial charge >= 0.3 is 6.18 Å². The average molecular weight is 464 g/mol. The van der Waals surface area contributed by atoms with Crippen molar-refractivity contribution in [3.8, 4) is 0 Å². The number of rotatable bonds is 3. The lowest BCUT2D eigenvalue weighted by molar-refractivity contribution is -0.275. The number of nitrogens with zero attached hydrogens (tertiary/aromatic N) is 1. The van der Waals surface area contributed by atoms with Crippen LogP contribution >= 0.6 is 35.0 Å². The van der Waals surface area contributed by atoms with Crippen LogP contribution in [0, 0.1) is 5.82 Å². The second-order valence-electron chi connectivity index (χ2n) is 6.61. The summed E-state index contributed by atoms with van der Waals surface area (Å²) in [6, 6.07) is 4.84. The van der Waals surface area contributed by atoms with Gasteiger partial charge in [0.2, 0.25) is 0 Å². The molecule has 0 aliphatic carbocycles. The monoisotopic (exact) mass is 463 g/mol. The minimum absolute atomic E-state index is 0.0927. The number of aldehydes is 1. The van der Waals surface area contributed by atoms with E-state index >= 15 is 0 Å². The van der Waals surface area contributed by atoms with Crippen molar-refractivity contribution in [3.63, 3.8) is 0 Å². The third-order valence-corrected chi connectivity index (χ3v) is 6.69. The number of thioether (sulfide) groups is 1. The molecule has 0 N–H and O–H groups in total. The van der Waals surface area contributed by atoms with E-state index in [1.165, 1.54) is 11.8 Å². The average Bonchev–Trinajstić information content (AvgIpc) is 3.32. The van der Waals surface area contributed by atoms with Gasteiger partial charge in [0.05, 0.1) is 15.8 Å². The van der Waals surface area contributed by atoms with Crippen molar-refractivity contribution < 1.29 is 27.2 Å². The van der Waals surface area contributed by atoms with Crippen molar-refractivity contribution in [2.45, 2.75) is 29.5 Å². The van der Waals surface area contributed by atoms with E-state index < -0.39 is 39.6 Å². The van der Waals surface area contributed by atoms with E-state index in [0.717, 1.165) is 34.6 Å². The number of halogens is 6. The van der Waals surface area contributed by atoms with E-state index in [9.17, 15) is 22.4 Å². The van der Waals surface area contributed by atoms with Crippen molar-refractivity contribution in [2.24, 2.45) is 5.16 Å². The summed E-state index contributed by atoms with van der Waals surface area (Å²) < 4.78 is 56.1. The predicted octanol–water partition coefficient (Wildman–Crippen LogP) is 6.18. The summed E-state index contributed by atoms with van der Waals surface area (Å²) in [5.74, 6) is -0.289. The highest BCUT2D eigenvalue weighted by atomic mass is 35.5. The molecule has 29 heavy (non-hydrogen) atoms. The van der Waals surface area contributed by atoms with Gasteiger partial charge in [-0.3, -0.25) is 4.79 Å². The lowest BCUT2D eigenvalue weighted by Crippen LogP contribution is -2.42. The summed E-state index contributed by atoms with van der Waals surface area (Å²) in [5, 5.41) is 2.65. The van der Waals surface area contributed by atoms with Crippen LogP contribution in [0.15, 0.2) is 34.3 Å². The van der Waals surface area contributed by atoms with E-state index in [-0.39, 0.29) is 5.71 Å². The highest BCUT2D eigenvalue weighted by Gasteiger charge is 2.62. The van der Waals surface area contributed by atoms with E-state index in [4.69, 9.17) is 28.0 Å². The largest absolute Gasteiger partial charge is 0.435 e. The fourth-order valence-corrected chi connectivity index (χ4v) is 5.19. The number of carbonyl (C=O) groups is 1. The summed E-state index contributed by atoms with van der Waals surface area (Å²) in [4.78, 5) is 17.0. The molecule has 2 aromatic carbocycles. The van der Waals surface area contributed by atoms with Crippen molar-refractivity contribution in [1.29, 1.82) is 0 Å². The Kier molecular flexibility index (Phi) is 5.07. The van der Waals surface area contributed by atoms with Gasteiger partial charge in [0.1, 0.15) is 0 Å². The molecule has 4 rings (SSSR count). The molecule has 2 aliphatic heterocycles. The Labute approximate surface area is 177 Å². The highest BCUT2D eigenvalue weighted by Crippen LogP contribution is 2.50. The lowest BCUT2D eigenvalue weighted by atomic mass is 9.85. The number of benzene rings is 2. The second kappa shape index (κ2) is 7.18. The summed E-state index contributed by atoms with van der Waals surface area (Å²) in [7, 11) is 0. The maximum absolute atomic E-state index is 14.1. The standard InChI is InChI=1S/C19H11Cl2F4NO2S/c20-13-5-10(6-14(21)16(13)22)18(19(23,24)25)7-15(26-28-18)11-2-1-9(8-27)17-12(11)3-4-29-17/h1-2,5-6,8H,3-4,7H2. The first-order valence-corrected chi connectivity index (χ1v) is 10.1. The normalized spacial score (nSPS) is 21.0. The van der Waals surface area contributed by atoms with E-state index in [0.29, 0.717) is 17.5 Å². The van der Waals surface area contributed by atoms with Crippen LogP contribution in [0.1, 0.15) is 33.5 Å². The first kappa shape index (κ1) is 20.5. The quantitative estimate of drug-likeness (QED) is 0.310. The smallest absolute Gasteiger partial charge is 0.374 e.